The number of aromatic nitrogens is 2. The lowest BCUT2D eigenvalue weighted by molar-refractivity contribution is 0.548. The third-order valence-corrected chi connectivity index (χ3v) is 3.69. The maximum atomic E-state index is 13.7. The minimum atomic E-state index is -0.417. The largest absolute Gasteiger partial charge is 0.331 e. The van der Waals surface area contributed by atoms with Crippen molar-refractivity contribution < 1.29 is 4.39 Å². The Hall–Kier alpha value is -1.44. The molecule has 1 aromatic heterocycles. The third-order valence-electron chi connectivity index (χ3n) is 2.95. The van der Waals surface area contributed by atoms with E-state index in [1.165, 1.54) is 10.6 Å². The summed E-state index contributed by atoms with van der Waals surface area (Å²) >= 11 is 1.90. The van der Waals surface area contributed by atoms with Gasteiger partial charge in [-0.3, -0.25) is 13.9 Å². The minimum Gasteiger partial charge on any atom is -0.299 e. The molecule has 0 N–H and O–H groups in total. The fraction of sp³-hybridized carbons (Fsp3) is 0.286. The SMILES string of the molecule is CCCn1cc(I)c(=O)n(Cc2ccccc2F)c1=O. The molecule has 1 aromatic carbocycles. The van der Waals surface area contributed by atoms with Gasteiger partial charge in [-0.1, -0.05) is 25.1 Å². The van der Waals surface area contributed by atoms with Crippen LogP contribution >= 0.6 is 22.6 Å². The number of rotatable bonds is 4. The zero-order chi connectivity index (χ0) is 14.7. The van der Waals surface area contributed by atoms with Gasteiger partial charge >= 0.3 is 5.69 Å². The van der Waals surface area contributed by atoms with Crippen molar-refractivity contribution >= 4 is 22.6 Å². The van der Waals surface area contributed by atoms with Crippen LogP contribution in [0.15, 0.2) is 40.1 Å². The van der Waals surface area contributed by atoms with E-state index in [0.29, 0.717) is 15.7 Å². The van der Waals surface area contributed by atoms with Crippen molar-refractivity contribution in [1.29, 1.82) is 0 Å². The molecule has 0 unspecified atom stereocenters. The molecular formula is C14H14FIN2O2. The zero-order valence-electron chi connectivity index (χ0n) is 11.0. The van der Waals surface area contributed by atoms with Crippen molar-refractivity contribution in [3.8, 4) is 0 Å². The van der Waals surface area contributed by atoms with Crippen molar-refractivity contribution in [3.63, 3.8) is 0 Å². The number of aryl methyl sites for hydroxylation is 1. The molecule has 0 aliphatic carbocycles. The summed E-state index contributed by atoms with van der Waals surface area (Å²) in [6.07, 6.45) is 2.33. The fourth-order valence-corrected chi connectivity index (χ4v) is 2.58. The van der Waals surface area contributed by atoms with Crippen LogP contribution in [0.25, 0.3) is 0 Å². The Balaban J connectivity index is 2.54. The number of hydrogen-bond acceptors (Lipinski definition) is 2. The van der Waals surface area contributed by atoms with Crippen LogP contribution < -0.4 is 11.2 Å². The lowest BCUT2D eigenvalue weighted by Crippen LogP contribution is -2.41. The highest BCUT2D eigenvalue weighted by atomic mass is 127. The van der Waals surface area contributed by atoms with Gasteiger partial charge < -0.3 is 0 Å². The van der Waals surface area contributed by atoms with Gasteiger partial charge in [0.2, 0.25) is 0 Å². The molecule has 2 rings (SSSR count). The molecule has 20 heavy (non-hydrogen) atoms. The van der Waals surface area contributed by atoms with Crippen LogP contribution in [-0.2, 0) is 13.1 Å². The van der Waals surface area contributed by atoms with Crippen LogP contribution in [-0.4, -0.2) is 9.13 Å². The molecule has 0 saturated carbocycles. The van der Waals surface area contributed by atoms with Gasteiger partial charge in [0.1, 0.15) is 5.82 Å². The monoisotopic (exact) mass is 388 g/mol. The van der Waals surface area contributed by atoms with Gasteiger partial charge in [-0.25, -0.2) is 9.18 Å². The Bertz CT molecular complexity index is 737. The summed E-state index contributed by atoms with van der Waals surface area (Å²) in [6, 6.07) is 6.15. The topological polar surface area (TPSA) is 44.0 Å². The molecule has 0 atom stereocenters. The second-order valence-electron chi connectivity index (χ2n) is 4.44. The molecule has 6 heteroatoms. The van der Waals surface area contributed by atoms with Gasteiger partial charge in [0.25, 0.3) is 5.56 Å². The molecule has 0 bridgehead atoms. The lowest BCUT2D eigenvalue weighted by Gasteiger charge is -2.11. The Morgan fingerprint density at radius 2 is 1.95 bits per heavy atom. The summed E-state index contributed by atoms with van der Waals surface area (Å²) < 4.78 is 16.7. The van der Waals surface area contributed by atoms with Gasteiger partial charge in [0.05, 0.1) is 10.1 Å². The van der Waals surface area contributed by atoms with E-state index in [1.54, 1.807) is 24.4 Å². The van der Waals surface area contributed by atoms with Crippen LogP contribution in [0, 0.1) is 9.39 Å². The quantitative estimate of drug-likeness (QED) is 0.755. The van der Waals surface area contributed by atoms with Gasteiger partial charge in [-0.15, -0.1) is 0 Å². The van der Waals surface area contributed by atoms with Crippen LogP contribution in [0.2, 0.25) is 0 Å². The molecule has 1 heterocycles. The molecule has 106 valence electrons. The first kappa shape index (κ1) is 15.0. The van der Waals surface area contributed by atoms with E-state index in [9.17, 15) is 14.0 Å². The molecule has 0 radical (unpaired) electrons. The predicted molar refractivity (Wildman–Crippen MR) is 83.5 cm³/mol. The van der Waals surface area contributed by atoms with Crippen molar-refractivity contribution in [1.82, 2.24) is 9.13 Å². The van der Waals surface area contributed by atoms with Crippen molar-refractivity contribution in [2.24, 2.45) is 0 Å². The van der Waals surface area contributed by atoms with Crippen LogP contribution in [0.4, 0.5) is 4.39 Å². The van der Waals surface area contributed by atoms with E-state index in [0.717, 1.165) is 11.0 Å². The highest BCUT2D eigenvalue weighted by Gasteiger charge is 2.11. The number of nitrogens with zero attached hydrogens (tertiary/aromatic N) is 2. The Morgan fingerprint density at radius 3 is 2.60 bits per heavy atom. The van der Waals surface area contributed by atoms with Gasteiger partial charge in [-0.2, -0.15) is 0 Å². The average molecular weight is 388 g/mol. The Kier molecular flexibility index (Phi) is 4.74. The smallest absolute Gasteiger partial charge is 0.299 e. The molecule has 0 spiro atoms. The summed E-state index contributed by atoms with van der Waals surface area (Å²) in [5, 5.41) is 0. The van der Waals surface area contributed by atoms with Crippen molar-refractivity contribution in [2.75, 3.05) is 0 Å². The molecule has 0 saturated heterocycles. The third kappa shape index (κ3) is 3.00. The second-order valence-corrected chi connectivity index (χ2v) is 5.60. The van der Waals surface area contributed by atoms with E-state index in [4.69, 9.17) is 0 Å². The normalized spacial score (nSPS) is 10.8. The Morgan fingerprint density at radius 1 is 1.25 bits per heavy atom. The summed E-state index contributed by atoms with van der Waals surface area (Å²) in [6.45, 7) is 2.43. The second kappa shape index (κ2) is 6.34. The van der Waals surface area contributed by atoms with E-state index >= 15 is 0 Å². The van der Waals surface area contributed by atoms with Crippen LogP contribution in [0.5, 0.6) is 0 Å². The maximum absolute atomic E-state index is 13.7. The van der Waals surface area contributed by atoms with E-state index in [2.05, 4.69) is 0 Å². The molecule has 0 amide bonds. The molecular weight excluding hydrogens is 374 g/mol. The van der Waals surface area contributed by atoms with E-state index in [-0.39, 0.29) is 12.1 Å². The molecule has 0 fully saturated rings. The first-order valence-electron chi connectivity index (χ1n) is 6.27. The van der Waals surface area contributed by atoms with E-state index < -0.39 is 11.5 Å². The Labute approximate surface area is 129 Å². The van der Waals surface area contributed by atoms with Crippen LogP contribution in [0.3, 0.4) is 0 Å². The van der Waals surface area contributed by atoms with Crippen molar-refractivity contribution in [2.45, 2.75) is 26.4 Å². The molecule has 0 aliphatic heterocycles. The minimum absolute atomic E-state index is 0.0507. The first-order valence-corrected chi connectivity index (χ1v) is 7.35. The van der Waals surface area contributed by atoms with Crippen LogP contribution in [0.1, 0.15) is 18.9 Å². The van der Waals surface area contributed by atoms with Crippen molar-refractivity contribution in [3.05, 3.63) is 66.3 Å². The summed E-state index contributed by atoms with van der Waals surface area (Å²) in [4.78, 5) is 24.3. The number of hydrogen-bond donors (Lipinski definition) is 0. The highest BCUT2D eigenvalue weighted by Crippen LogP contribution is 2.07. The summed E-state index contributed by atoms with van der Waals surface area (Å²) in [5.74, 6) is -0.417. The lowest BCUT2D eigenvalue weighted by atomic mass is 10.2. The van der Waals surface area contributed by atoms with E-state index in [1.807, 2.05) is 29.5 Å². The highest BCUT2D eigenvalue weighted by molar-refractivity contribution is 14.1. The average Bonchev–Trinajstić information content (AvgIpc) is 2.43. The number of benzene rings is 1. The first-order chi connectivity index (χ1) is 9.54. The maximum Gasteiger partial charge on any atom is 0.331 e. The molecule has 2 aromatic rings. The van der Waals surface area contributed by atoms with Gasteiger partial charge in [0, 0.05) is 18.3 Å². The fourth-order valence-electron chi connectivity index (χ4n) is 1.96. The summed E-state index contributed by atoms with van der Waals surface area (Å²) in [7, 11) is 0. The standard InChI is InChI=1S/C14H14FIN2O2/c1-2-7-17-9-12(16)13(19)18(14(17)20)8-10-5-3-4-6-11(10)15/h3-6,9H,2,7-8H2,1H3. The predicted octanol–water partition coefficient (Wildman–Crippen LogP) is 2.21. The number of halogens is 2. The van der Waals surface area contributed by atoms with Gasteiger partial charge in [-0.05, 0) is 35.1 Å². The van der Waals surface area contributed by atoms with Gasteiger partial charge in [0.15, 0.2) is 0 Å². The molecule has 4 nitrogen and oxygen atoms in total. The zero-order valence-corrected chi connectivity index (χ0v) is 13.1. The summed E-state index contributed by atoms with van der Waals surface area (Å²) in [5.41, 5.74) is -0.455. The molecule has 0 aliphatic rings.